The Morgan fingerprint density at radius 3 is 2.79 bits per heavy atom. The van der Waals surface area contributed by atoms with E-state index in [2.05, 4.69) is 4.74 Å². The molecule has 1 unspecified atom stereocenters. The average Bonchev–Trinajstić information content (AvgIpc) is 2.44. The van der Waals surface area contributed by atoms with E-state index < -0.39 is 6.10 Å². The lowest BCUT2D eigenvalue weighted by Crippen LogP contribution is -2.14. The molecule has 0 heterocycles. The molecule has 104 valence electrons. The molecule has 0 saturated heterocycles. The predicted octanol–water partition coefficient (Wildman–Crippen LogP) is 2.07. The van der Waals surface area contributed by atoms with Gasteiger partial charge in [0.15, 0.2) is 0 Å². The molecule has 1 rings (SSSR count). The summed E-state index contributed by atoms with van der Waals surface area (Å²) < 4.78 is 9.87. The molecule has 0 spiro atoms. The van der Waals surface area contributed by atoms with E-state index >= 15 is 0 Å². The van der Waals surface area contributed by atoms with Crippen LogP contribution in [0.1, 0.15) is 18.4 Å². The smallest absolute Gasteiger partial charge is 0.330 e. The number of carbonyl (C=O) groups is 1. The molecular formula is C15H20O4. The van der Waals surface area contributed by atoms with Crippen LogP contribution in [0.2, 0.25) is 0 Å². The van der Waals surface area contributed by atoms with Gasteiger partial charge in [-0.15, -0.1) is 0 Å². The second kappa shape index (κ2) is 9.30. The highest BCUT2D eigenvalue weighted by molar-refractivity contribution is 5.81. The van der Waals surface area contributed by atoms with Gasteiger partial charge in [-0.1, -0.05) is 36.4 Å². The minimum absolute atomic E-state index is 0.293. The Morgan fingerprint density at radius 1 is 1.37 bits per heavy atom. The van der Waals surface area contributed by atoms with E-state index in [1.807, 2.05) is 30.3 Å². The third-order valence-corrected chi connectivity index (χ3v) is 2.54. The minimum Gasteiger partial charge on any atom is -0.466 e. The summed E-state index contributed by atoms with van der Waals surface area (Å²) >= 11 is 0. The fraction of sp³-hybridized carbons (Fsp3) is 0.400. The fourth-order valence-corrected chi connectivity index (χ4v) is 1.51. The van der Waals surface area contributed by atoms with Crippen molar-refractivity contribution < 1.29 is 19.4 Å². The summed E-state index contributed by atoms with van der Waals surface area (Å²) in [5, 5.41) is 9.67. The molecule has 1 aromatic rings. The summed E-state index contributed by atoms with van der Waals surface area (Å²) in [7, 11) is 1.33. The topological polar surface area (TPSA) is 55.8 Å². The van der Waals surface area contributed by atoms with Gasteiger partial charge in [0, 0.05) is 6.08 Å². The van der Waals surface area contributed by atoms with Crippen LogP contribution in [-0.2, 0) is 20.9 Å². The van der Waals surface area contributed by atoms with Gasteiger partial charge in [0.25, 0.3) is 0 Å². The lowest BCUT2D eigenvalue weighted by atomic mass is 10.2. The first kappa shape index (κ1) is 15.4. The number of aliphatic hydroxyl groups is 1. The molecule has 4 heteroatoms. The third kappa shape index (κ3) is 7.39. The normalized spacial score (nSPS) is 12.5. The van der Waals surface area contributed by atoms with E-state index in [0.717, 1.165) is 5.56 Å². The molecule has 1 N–H and O–H groups in total. The number of aliphatic hydroxyl groups excluding tert-OH is 1. The van der Waals surface area contributed by atoms with Crippen LogP contribution in [0.25, 0.3) is 0 Å². The van der Waals surface area contributed by atoms with Crippen molar-refractivity contribution in [3.8, 4) is 0 Å². The Kier molecular flexibility index (Phi) is 7.54. The molecule has 0 amide bonds. The van der Waals surface area contributed by atoms with E-state index in [9.17, 15) is 9.90 Å². The third-order valence-electron chi connectivity index (χ3n) is 2.54. The summed E-state index contributed by atoms with van der Waals surface area (Å²) in [6, 6.07) is 9.81. The summed E-state index contributed by atoms with van der Waals surface area (Å²) in [6.45, 7) is 0.789. The number of rotatable bonds is 8. The van der Waals surface area contributed by atoms with Crippen molar-refractivity contribution in [1.29, 1.82) is 0 Å². The molecule has 0 aliphatic carbocycles. The zero-order valence-electron chi connectivity index (χ0n) is 11.1. The lowest BCUT2D eigenvalue weighted by Gasteiger charge is -2.10. The maximum atomic E-state index is 10.8. The van der Waals surface area contributed by atoms with Crippen molar-refractivity contribution >= 4 is 5.97 Å². The molecule has 19 heavy (non-hydrogen) atoms. The molecule has 0 aliphatic rings. The van der Waals surface area contributed by atoms with E-state index in [4.69, 9.17) is 4.74 Å². The standard InChI is InChI=1S/C15H20O4/c1-18-15(17)10-6-5-9-14(16)12-19-11-13-7-3-2-4-8-13/h2-4,6-8,10,14,16H,5,9,11-12H2,1H3/b10-6-. The van der Waals surface area contributed by atoms with Crippen molar-refractivity contribution in [2.75, 3.05) is 13.7 Å². The minimum atomic E-state index is -0.522. The quantitative estimate of drug-likeness (QED) is 0.577. The van der Waals surface area contributed by atoms with Gasteiger partial charge in [0.05, 0.1) is 26.4 Å². The Balaban J connectivity index is 2.10. The van der Waals surface area contributed by atoms with Gasteiger partial charge < -0.3 is 14.6 Å². The summed E-state index contributed by atoms with van der Waals surface area (Å²) in [5.41, 5.74) is 1.08. The summed E-state index contributed by atoms with van der Waals surface area (Å²) in [6.07, 6.45) is 3.70. The molecule has 0 aromatic heterocycles. The largest absolute Gasteiger partial charge is 0.466 e. The van der Waals surface area contributed by atoms with Gasteiger partial charge in [0.1, 0.15) is 0 Å². The molecule has 4 nitrogen and oxygen atoms in total. The Labute approximate surface area is 113 Å². The van der Waals surface area contributed by atoms with E-state index in [1.54, 1.807) is 6.08 Å². The second-order valence-electron chi connectivity index (χ2n) is 4.16. The van der Waals surface area contributed by atoms with Gasteiger partial charge in [-0.3, -0.25) is 0 Å². The first-order valence-corrected chi connectivity index (χ1v) is 6.26. The van der Waals surface area contributed by atoms with Crippen molar-refractivity contribution in [1.82, 2.24) is 0 Å². The molecule has 0 aliphatic heterocycles. The number of carbonyl (C=O) groups excluding carboxylic acids is 1. The van der Waals surface area contributed by atoms with Gasteiger partial charge in [-0.2, -0.15) is 0 Å². The second-order valence-corrected chi connectivity index (χ2v) is 4.16. The van der Waals surface area contributed by atoms with Gasteiger partial charge >= 0.3 is 5.97 Å². The molecular weight excluding hydrogens is 244 g/mol. The zero-order valence-corrected chi connectivity index (χ0v) is 11.1. The SMILES string of the molecule is COC(=O)/C=C\CCC(O)COCc1ccccc1. The molecule has 0 radical (unpaired) electrons. The maximum Gasteiger partial charge on any atom is 0.330 e. The average molecular weight is 264 g/mol. The zero-order chi connectivity index (χ0) is 13.9. The van der Waals surface area contributed by atoms with Crippen LogP contribution in [0.5, 0.6) is 0 Å². The van der Waals surface area contributed by atoms with Gasteiger partial charge in [-0.05, 0) is 18.4 Å². The highest BCUT2D eigenvalue weighted by Crippen LogP contribution is 2.03. The van der Waals surface area contributed by atoms with Crippen LogP contribution in [0.15, 0.2) is 42.5 Å². The maximum absolute atomic E-state index is 10.8. The summed E-state index contributed by atoms with van der Waals surface area (Å²) in [5.74, 6) is -0.380. The van der Waals surface area contributed by atoms with Gasteiger partial charge in [-0.25, -0.2) is 4.79 Å². The number of hydrogen-bond acceptors (Lipinski definition) is 4. The number of hydrogen-bond donors (Lipinski definition) is 1. The number of esters is 1. The van der Waals surface area contributed by atoms with Crippen molar-refractivity contribution in [3.05, 3.63) is 48.0 Å². The molecule has 0 fully saturated rings. The molecule has 1 atom stereocenters. The van der Waals surface area contributed by atoms with Gasteiger partial charge in [0.2, 0.25) is 0 Å². The number of allylic oxidation sites excluding steroid dienone is 1. The lowest BCUT2D eigenvalue weighted by molar-refractivity contribution is -0.134. The Bertz CT molecular complexity index is 386. The Morgan fingerprint density at radius 2 is 2.11 bits per heavy atom. The fourth-order valence-electron chi connectivity index (χ4n) is 1.51. The van der Waals surface area contributed by atoms with Crippen molar-refractivity contribution in [3.63, 3.8) is 0 Å². The first-order valence-electron chi connectivity index (χ1n) is 6.26. The van der Waals surface area contributed by atoms with E-state index in [0.29, 0.717) is 26.1 Å². The van der Waals surface area contributed by atoms with E-state index in [1.165, 1.54) is 13.2 Å². The highest BCUT2D eigenvalue weighted by Gasteiger charge is 2.03. The van der Waals surface area contributed by atoms with Crippen LogP contribution < -0.4 is 0 Å². The van der Waals surface area contributed by atoms with Crippen LogP contribution in [0.3, 0.4) is 0 Å². The van der Waals surface area contributed by atoms with Crippen molar-refractivity contribution in [2.24, 2.45) is 0 Å². The molecule has 1 aromatic carbocycles. The Hall–Kier alpha value is -1.65. The van der Waals surface area contributed by atoms with Crippen molar-refractivity contribution in [2.45, 2.75) is 25.6 Å². The number of methoxy groups -OCH3 is 1. The number of benzene rings is 1. The molecule has 0 saturated carbocycles. The predicted molar refractivity (Wildman–Crippen MR) is 72.5 cm³/mol. The van der Waals surface area contributed by atoms with Crippen LogP contribution in [0, 0.1) is 0 Å². The van der Waals surface area contributed by atoms with Crippen LogP contribution in [0.4, 0.5) is 0 Å². The monoisotopic (exact) mass is 264 g/mol. The van der Waals surface area contributed by atoms with Crippen LogP contribution in [-0.4, -0.2) is 30.9 Å². The molecule has 0 bridgehead atoms. The summed E-state index contributed by atoms with van der Waals surface area (Å²) in [4.78, 5) is 10.8. The van der Waals surface area contributed by atoms with E-state index in [-0.39, 0.29) is 5.97 Å². The first-order chi connectivity index (χ1) is 9.22. The highest BCUT2D eigenvalue weighted by atomic mass is 16.5. The number of ether oxygens (including phenoxy) is 2. The van der Waals surface area contributed by atoms with Crippen LogP contribution >= 0.6 is 0 Å².